The normalized spacial score (nSPS) is 12.1. The summed E-state index contributed by atoms with van der Waals surface area (Å²) in [5.74, 6) is 1.83. The number of aromatic nitrogens is 3. The summed E-state index contributed by atoms with van der Waals surface area (Å²) in [7, 11) is 0. The fourth-order valence-corrected chi connectivity index (χ4v) is 10.2. The van der Waals surface area contributed by atoms with Crippen LogP contribution in [0.3, 0.4) is 0 Å². The van der Waals surface area contributed by atoms with Crippen molar-refractivity contribution in [2.24, 2.45) is 0 Å². The van der Waals surface area contributed by atoms with E-state index in [0.29, 0.717) is 17.5 Å². The molecule has 0 aliphatic rings. The van der Waals surface area contributed by atoms with Crippen molar-refractivity contribution in [1.29, 1.82) is 0 Å². The molecule has 0 aliphatic heterocycles. The van der Waals surface area contributed by atoms with Gasteiger partial charge in [-0.15, -0.1) is 11.3 Å². The van der Waals surface area contributed by atoms with Gasteiger partial charge in [0.2, 0.25) is 0 Å². The molecule has 59 heavy (non-hydrogen) atoms. The third-order valence-corrected chi connectivity index (χ3v) is 12.8. The zero-order chi connectivity index (χ0) is 38.6. The van der Waals surface area contributed by atoms with Crippen LogP contribution in [0, 0.1) is 0 Å². The average Bonchev–Trinajstić information content (AvgIpc) is 4.00. The molecular weight excluding hydrogens is 743 g/mol. The number of benzene rings is 9. The molecule has 0 bridgehead atoms. The van der Waals surface area contributed by atoms with Crippen molar-refractivity contribution in [3.05, 3.63) is 176 Å². The van der Waals surface area contributed by atoms with Crippen LogP contribution in [-0.4, -0.2) is 15.0 Å². The van der Waals surface area contributed by atoms with E-state index in [1.807, 2.05) is 30.3 Å². The van der Waals surface area contributed by atoms with Gasteiger partial charge in [0.05, 0.1) is 0 Å². The van der Waals surface area contributed by atoms with E-state index in [4.69, 9.17) is 23.8 Å². The molecule has 0 N–H and O–H groups in total. The molecule has 0 atom stereocenters. The van der Waals surface area contributed by atoms with Crippen LogP contribution in [-0.2, 0) is 0 Å². The molecular formula is C53H29N3O2S. The van der Waals surface area contributed by atoms with E-state index < -0.39 is 0 Å². The number of fused-ring (bicyclic) bond motifs is 12. The van der Waals surface area contributed by atoms with Crippen molar-refractivity contribution in [1.82, 2.24) is 15.0 Å². The molecule has 4 aromatic heterocycles. The Balaban J connectivity index is 1.10. The molecule has 0 saturated heterocycles. The van der Waals surface area contributed by atoms with Crippen molar-refractivity contribution in [2.75, 3.05) is 0 Å². The molecule has 274 valence electrons. The van der Waals surface area contributed by atoms with E-state index in [0.717, 1.165) is 98.6 Å². The van der Waals surface area contributed by atoms with E-state index in [2.05, 4.69) is 146 Å². The van der Waals surface area contributed by atoms with Crippen LogP contribution < -0.4 is 0 Å². The summed E-state index contributed by atoms with van der Waals surface area (Å²) < 4.78 is 15.1. The lowest BCUT2D eigenvalue weighted by Crippen LogP contribution is -2.01. The lowest BCUT2D eigenvalue weighted by atomic mass is 9.92. The maximum absolute atomic E-state index is 6.37. The van der Waals surface area contributed by atoms with Crippen molar-refractivity contribution in [3.8, 4) is 45.3 Å². The molecule has 0 spiro atoms. The molecule has 13 aromatic rings. The smallest absolute Gasteiger partial charge is 0.164 e. The first-order valence-corrected chi connectivity index (χ1v) is 20.5. The van der Waals surface area contributed by atoms with Gasteiger partial charge in [-0.2, -0.15) is 0 Å². The van der Waals surface area contributed by atoms with E-state index in [9.17, 15) is 0 Å². The zero-order valence-corrected chi connectivity index (χ0v) is 32.1. The van der Waals surface area contributed by atoms with Gasteiger partial charge in [-0.05, 0) is 87.3 Å². The number of rotatable bonds is 4. The summed E-state index contributed by atoms with van der Waals surface area (Å²) in [6.07, 6.45) is 0. The van der Waals surface area contributed by atoms with Gasteiger partial charge in [-0.25, -0.2) is 15.0 Å². The largest absolute Gasteiger partial charge is 0.456 e. The summed E-state index contributed by atoms with van der Waals surface area (Å²) in [5.41, 5.74) is 8.41. The second-order valence-electron chi connectivity index (χ2n) is 15.1. The minimum atomic E-state index is 0.602. The Hall–Kier alpha value is -7.67. The topological polar surface area (TPSA) is 65.0 Å². The first kappa shape index (κ1) is 32.4. The zero-order valence-electron chi connectivity index (χ0n) is 31.3. The molecule has 0 radical (unpaired) electrons. The number of nitrogens with zero attached hydrogens (tertiary/aromatic N) is 3. The Morgan fingerprint density at radius 2 is 0.932 bits per heavy atom. The molecule has 6 heteroatoms. The van der Waals surface area contributed by atoms with Gasteiger partial charge in [0.15, 0.2) is 17.5 Å². The molecule has 0 amide bonds. The Labute approximate surface area is 340 Å². The predicted molar refractivity (Wildman–Crippen MR) is 244 cm³/mol. The summed E-state index contributed by atoms with van der Waals surface area (Å²) in [6.45, 7) is 0. The maximum Gasteiger partial charge on any atom is 0.164 e. The minimum Gasteiger partial charge on any atom is -0.456 e. The Bertz CT molecular complexity index is 3870. The number of para-hydroxylation sites is 2. The quantitative estimate of drug-likeness (QED) is 0.178. The number of furan rings is 2. The first-order chi connectivity index (χ1) is 29.2. The van der Waals surface area contributed by atoms with Crippen LogP contribution in [0.5, 0.6) is 0 Å². The van der Waals surface area contributed by atoms with E-state index in [1.54, 1.807) is 11.3 Å². The first-order valence-electron chi connectivity index (χ1n) is 19.7. The summed E-state index contributed by atoms with van der Waals surface area (Å²) in [5, 5.41) is 11.1. The minimum absolute atomic E-state index is 0.602. The van der Waals surface area contributed by atoms with Crippen LogP contribution in [0.4, 0.5) is 0 Å². The second-order valence-corrected chi connectivity index (χ2v) is 16.2. The summed E-state index contributed by atoms with van der Waals surface area (Å²) in [6, 6.07) is 61.5. The van der Waals surface area contributed by atoms with Gasteiger partial charge in [-0.3, -0.25) is 0 Å². The highest BCUT2D eigenvalue weighted by Gasteiger charge is 2.21. The van der Waals surface area contributed by atoms with E-state index >= 15 is 0 Å². The number of hydrogen-bond donors (Lipinski definition) is 0. The number of hydrogen-bond acceptors (Lipinski definition) is 6. The molecule has 13 rings (SSSR count). The second kappa shape index (κ2) is 12.4. The Morgan fingerprint density at radius 3 is 1.78 bits per heavy atom. The number of thiophene rings is 1. The van der Waals surface area contributed by atoms with Crippen LogP contribution in [0.2, 0.25) is 0 Å². The summed E-state index contributed by atoms with van der Waals surface area (Å²) >= 11 is 1.79. The van der Waals surface area contributed by atoms with Crippen LogP contribution in [0.15, 0.2) is 185 Å². The highest BCUT2D eigenvalue weighted by molar-refractivity contribution is 7.25. The van der Waals surface area contributed by atoms with Gasteiger partial charge in [0.25, 0.3) is 0 Å². The van der Waals surface area contributed by atoms with Crippen molar-refractivity contribution in [3.63, 3.8) is 0 Å². The Kier molecular flexibility index (Phi) is 6.82. The maximum atomic E-state index is 6.37. The van der Waals surface area contributed by atoms with Crippen LogP contribution in [0.1, 0.15) is 0 Å². The molecule has 0 saturated carbocycles. The lowest BCUT2D eigenvalue weighted by Gasteiger charge is -2.14. The van der Waals surface area contributed by atoms with E-state index in [-0.39, 0.29) is 0 Å². The average molecular weight is 772 g/mol. The highest BCUT2D eigenvalue weighted by Crippen LogP contribution is 2.43. The van der Waals surface area contributed by atoms with Gasteiger partial charge in [-0.1, -0.05) is 121 Å². The van der Waals surface area contributed by atoms with Crippen molar-refractivity contribution < 1.29 is 8.83 Å². The molecule has 4 heterocycles. The van der Waals surface area contributed by atoms with Gasteiger partial charge in [0, 0.05) is 58.4 Å². The molecule has 0 fully saturated rings. The third-order valence-electron chi connectivity index (χ3n) is 11.7. The van der Waals surface area contributed by atoms with Gasteiger partial charge in [0.1, 0.15) is 22.3 Å². The molecule has 5 nitrogen and oxygen atoms in total. The van der Waals surface area contributed by atoms with Crippen molar-refractivity contribution in [2.45, 2.75) is 0 Å². The monoisotopic (exact) mass is 771 g/mol. The van der Waals surface area contributed by atoms with Crippen LogP contribution in [0.25, 0.3) is 131 Å². The fourth-order valence-electron chi connectivity index (χ4n) is 9.06. The Morgan fingerprint density at radius 1 is 0.322 bits per heavy atom. The predicted octanol–water partition coefficient (Wildman–Crippen LogP) is 15.0. The van der Waals surface area contributed by atoms with Crippen LogP contribution >= 0.6 is 11.3 Å². The van der Waals surface area contributed by atoms with Gasteiger partial charge >= 0.3 is 0 Å². The highest BCUT2D eigenvalue weighted by atomic mass is 32.1. The standard InChI is InChI=1S/C53H29N3O2S/c1-2-12-34-31(11-1)27-33(29-41(34)35-16-9-20-44-48(35)36-13-3-6-18-42(36)57-44)52-54-51(55-53(56-52)39-17-10-22-47-50(39)38-15-5-8-21-46(38)59-47)32-24-23-30-25-26-45-49(40(30)28-32)37-14-4-7-19-43(37)58-45/h1-29H. The molecule has 0 unspecified atom stereocenters. The molecule has 0 aliphatic carbocycles. The van der Waals surface area contributed by atoms with Gasteiger partial charge < -0.3 is 8.83 Å². The summed E-state index contributed by atoms with van der Waals surface area (Å²) in [4.78, 5) is 16.1. The lowest BCUT2D eigenvalue weighted by molar-refractivity contribution is 0.668. The fraction of sp³-hybridized carbons (Fsp3) is 0. The SMILES string of the molecule is c1ccc2c(-c3cccc4oc5ccccc5c34)cc(-c3nc(-c4ccc5ccc6oc7ccccc7c6c5c4)nc(-c4cccc5sc6ccccc6c45)n3)cc2c1. The van der Waals surface area contributed by atoms with Crippen molar-refractivity contribution >= 4 is 96.9 Å². The van der Waals surface area contributed by atoms with E-state index in [1.165, 1.54) is 14.8 Å². The third kappa shape index (κ3) is 4.94. The molecule has 9 aromatic carbocycles.